The lowest BCUT2D eigenvalue weighted by Crippen LogP contribution is -2.62. The van der Waals surface area contributed by atoms with Crippen molar-refractivity contribution in [1.29, 1.82) is 0 Å². The summed E-state index contributed by atoms with van der Waals surface area (Å²) in [7, 11) is 1.73. The van der Waals surface area contributed by atoms with E-state index in [4.69, 9.17) is 9.47 Å². The van der Waals surface area contributed by atoms with E-state index in [0.717, 1.165) is 19.8 Å². The molecule has 1 spiro atoms. The predicted octanol–water partition coefficient (Wildman–Crippen LogP) is 1.96. The molecule has 2 unspecified atom stereocenters. The molecule has 2 aliphatic carbocycles. The summed E-state index contributed by atoms with van der Waals surface area (Å²) in [6.07, 6.45) is 7.13. The van der Waals surface area contributed by atoms with Crippen LogP contribution in [-0.4, -0.2) is 39.0 Å². The van der Waals surface area contributed by atoms with Crippen molar-refractivity contribution in [2.75, 3.05) is 26.9 Å². The van der Waals surface area contributed by atoms with Crippen LogP contribution in [-0.2, 0) is 9.47 Å². The van der Waals surface area contributed by atoms with Gasteiger partial charge in [0.2, 0.25) is 0 Å². The molecule has 94 valence electrons. The third-order valence-electron chi connectivity index (χ3n) is 4.38. The van der Waals surface area contributed by atoms with E-state index in [-0.39, 0.29) is 0 Å². The van der Waals surface area contributed by atoms with Crippen molar-refractivity contribution >= 4 is 0 Å². The van der Waals surface area contributed by atoms with Crippen LogP contribution < -0.4 is 5.32 Å². The molecule has 2 fully saturated rings. The Morgan fingerprint density at radius 2 is 2.00 bits per heavy atom. The van der Waals surface area contributed by atoms with Gasteiger partial charge in [0, 0.05) is 18.6 Å². The Morgan fingerprint density at radius 3 is 2.62 bits per heavy atom. The highest BCUT2D eigenvalue weighted by Crippen LogP contribution is 2.54. The normalized spacial score (nSPS) is 31.9. The maximum Gasteiger partial charge on any atom is 0.0704 e. The quantitative estimate of drug-likeness (QED) is 0.704. The first-order chi connectivity index (χ1) is 7.83. The summed E-state index contributed by atoms with van der Waals surface area (Å²) in [4.78, 5) is 0. The van der Waals surface area contributed by atoms with E-state index in [1.165, 1.54) is 32.1 Å². The molecular weight excluding hydrogens is 202 g/mol. The lowest BCUT2D eigenvalue weighted by atomic mass is 9.60. The van der Waals surface area contributed by atoms with E-state index in [0.29, 0.717) is 17.6 Å². The van der Waals surface area contributed by atoms with Crippen molar-refractivity contribution < 1.29 is 9.47 Å². The van der Waals surface area contributed by atoms with Crippen LogP contribution >= 0.6 is 0 Å². The summed E-state index contributed by atoms with van der Waals surface area (Å²) in [6.45, 7) is 4.75. The van der Waals surface area contributed by atoms with Crippen LogP contribution in [0.25, 0.3) is 0 Å². The molecule has 0 heterocycles. The van der Waals surface area contributed by atoms with Crippen molar-refractivity contribution in [2.24, 2.45) is 5.41 Å². The second-order valence-corrected chi connectivity index (χ2v) is 5.14. The Hall–Kier alpha value is -0.120. The molecule has 0 saturated heterocycles. The second-order valence-electron chi connectivity index (χ2n) is 5.14. The first-order valence-corrected chi connectivity index (χ1v) is 6.67. The molecule has 0 aromatic heterocycles. The average molecular weight is 227 g/mol. The summed E-state index contributed by atoms with van der Waals surface area (Å²) in [5.41, 5.74) is 0.462. The van der Waals surface area contributed by atoms with Crippen LogP contribution in [0.5, 0.6) is 0 Å². The number of rotatable bonds is 6. The minimum atomic E-state index is 0.462. The van der Waals surface area contributed by atoms with E-state index in [9.17, 15) is 0 Å². The molecule has 3 heteroatoms. The molecule has 1 N–H and O–H groups in total. The average Bonchev–Trinajstić information content (AvgIpc) is 2.79. The highest BCUT2D eigenvalue weighted by molar-refractivity contribution is 5.09. The maximum atomic E-state index is 5.97. The summed E-state index contributed by atoms with van der Waals surface area (Å²) < 4.78 is 11.0. The van der Waals surface area contributed by atoms with Crippen LogP contribution in [0.1, 0.15) is 39.0 Å². The zero-order chi connectivity index (χ0) is 11.4. The van der Waals surface area contributed by atoms with Crippen molar-refractivity contribution in [3.63, 3.8) is 0 Å². The number of hydrogen-bond acceptors (Lipinski definition) is 3. The van der Waals surface area contributed by atoms with Gasteiger partial charge in [-0.2, -0.15) is 0 Å². The van der Waals surface area contributed by atoms with E-state index < -0.39 is 0 Å². The van der Waals surface area contributed by atoms with Gasteiger partial charge in [-0.3, -0.25) is 0 Å². The number of hydrogen-bond donors (Lipinski definition) is 1. The predicted molar refractivity (Wildman–Crippen MR) is 64.6 cm³/mol. The van der Waals surface area contributed by atoms with Crippen molar-refractivity contribution in [1.82, 2.24) is 5.32 Å². The maximum absolute atomic E-state index is 5.97. The fourth-order valence-electron chi connectivity index (χ4n) is 3.49. The molecule has 0 bridgehead atoms. The van der Waals surface area contributed by atoms with Gasteiger partial charge in [0.15, 0.2) is 0 Å². The van der Waals surface area contributed by atoms with Gasteiger partial charge in [0.25, 0.3) is 0 Å². The van der Waals surface area contributed by atoms with Gasteiger partial charge in [-0.05, 0) is 25.8 Å². The molecule has 0 aromatic carbocycles. The largest absolute Gasteiger partial charge is 0.382 e. The molecule has 3 nitrogen and oxygen atoms in total. The Labute approximate surface area is 98.9 Å². The molecule has 2 atom stereocenters. The molecule has 2 rings (SSSR count). The number of methoxy groups -OCH3 is 1. The molecule has 0 aliphatic heterocycles. The Balaban J connectivity index is 1.85. The topological polar surface area (TPSA) is 30.5 Å². The number of nitrogens with one attached hydrogen (secondary N) is 1. The first kappa shape index (κ1) is 12.3. The van der Waals surface area contributed by atoms with Crippen molar-refractivity contribution in [2.45, 2.75) is 51.2 Å². The van der Waals surface area contributed by atoms with Crippen LogP contribution in [0.4, 0.5) is 0 Å². The lowest BCUT2D eigenvalue weighted by molar-refractivity contribution is -0.139. The van der Waals surface area contributed by atoms with Gasteiger partial charge >= 0.3 is 0 Å². The van der Waals surface area contributed by atoms with Gasteiger partial charge in [-0.1, -0.05) is 19.8 Å². The standard InChI is InChI=1S/C13H25NO2/c1-3-14-11-10-12(16-9-8-15-2)13(11)6-4-5-7-13/h11-12,14H,3-10H2,1-2H3. The number of ether oxygens (including phenoxy) is 2. The third-order valence-corrected chi connectivity index (χ3v) is 4.38. The van der Waals surface area contributed by atoms with Crippen LogP contribution in [0.2, 0.25) is 0 Å². The van der Waals surface area contributed by atoms with Gasteiger partial charge in [0.1, 0.15) is 0 Å². The van der Waals surface area contributed by atoms with Gasteiger partial charge in [-0.15, -0.1) is 0 Å². The van der Waals surface area contributed by atoms with E-state index >= 15 is 0 Å². The zero-order valence-corrected chi connectivity index (χ0v) is 10.6. The lowest BCUT2D eigenvalue weighted by Gasteiger charge is -2.54. The van der Waals surface area contributed by atoms with Crippen molar-refractivity contribution in [3.8, 4) is 0 Å². The van der Waals surface area contributed by atoms with Crippen molar-refractivity contribution in [3.05, 3.63) is 0 Å². The fourth-order valence-corrected chi connectivity index (χ4v) is 3.49. The zero-order valence-electron chi connectivity index (χ0n) is 10.6. The summed E-state index contributed by atoms with van der Waals surface area (Å²) in [6, 6.07) is 0.701. The van der Waals surface area contributed by atoms with E-state index in [2.05, 4.69) is 12.2 Å². The van der Waals surface area contributed by atoms with Gasteiger partial charge in [0.05, 0.1) is 19.3 Å². The minimum Gasteiger partial charge on any atom is -0.382 e. The third kappa shape index (κ3) is 2.13. The molecule has 16 heavy (non-hydrogen) atoms. The van der Waals surface area contributed by atoms with Gasteiger partial charge in [-0.25, -0.2) is 0 Å². The van der Waals surface area contributed by atoms with E-state index in [1.807, 2.05) is 0 Å². The molecule has 2 aliphatic rings. The summed E-state index contributed by atoms with van der Waals surface area (Å²) in [5, 5.41) is 3.62. The highest BCUT2D eigenvalue weighted by Gasteiger charge is 2.56. The summed E-state index contributed by atoms with van der Waals surface area (Å²) >= 11 is 0. The Morgan fingerprint density at radius 1 is 1.25 bits per heavy atom. The second kappa shape index (κ2) is 5.48. The smallest absolute Gasteiger partial charge is 0.0704 e. The minimum absolute atomic E-state index is 0.462. The molecule has 2 saturated carbocycles. The monoisotopic (exact) mass is 227 g/mol. The SMILES string of the molecule is CCNC1CC(OCCOC)C12CCCC2. The first-order valence-electron chi connectivity index (χ1n) is 6.67. The van der Waals surface area contributed by atoms with Crippen LogP contribution in [0.3, 0.4) is 0 Å². The highest BCUT2D eigenvalue weighted by atomic mass is 16.5. The molecule has 0 amide bonds. The van der Waals surface area contributed by atoms with Crippen LogP contribution in [0.15, 0.2) is 0 Å². The van der Waals surface area contributed by atoms with Gasteiger partial charge < -0.3 is 14.8 Å². The van der Waals surface area contributed by atoms with E-state index in [1.54, 1.807) is 7.11 Å². The molecule has 0 aromatic rings. The molecular formula is C13H25NO2. The Kier molecular flexibility index (Phi) is 4.22. The molecule has 0 radical (unpaired) electrons. The summed E-state index contributed by atoms with van der Waals surface area (Å²) in [5.74, 6) is 0. The Bertz CT molecular complexity index is 212. The fraction of sp³-hybridized carbons (Fsp3) is 1.00. The van der Waals surface area contributed by atoms with Crippen LogP contribution in [0, 0.1) is 5.41 Å².